The van der Waals surface area contributed by atoms with Crippen molar-refractivity contribution in [3.8, 4) is 0 Å². The van der Waals surface area contributed by atoms with Crippen LogP contribution in [0, 0.1) is 11.8 Å². The molecule has 3 unspecified atom stereocenters. The Morgan fingerprint density at radius 2 is 2.11 bits per heavy atom. The lowest BCUT2D eigenvalue weighted by Crippen LogP contribution is -2.08. The monoisotopic (exact) mass is 128 g/mol. The van der Waals surface area contributed by atoms with Crippen LogP contribution < -0.4 is 0 Å². The average molecular weight is 128 g/mol. The lowest BCUT2D eigenvalue weighted by Gasteiger charge is -2.04. The van der Waals surface area contributed by atoms with Crippen molar-refractivity contribution >= 4 is 0 Å². The Morgan fingerprint density at radius 3 is 2.33 bits per heavy atom. The summed E-state index contributed by atoms with van der Waals surface area (Å²) in [4.78, 5) is 0. The Kier molecular flexibility index (Phi) is 2.12. The molecule has 1 rings (SSSR count). The van der Waals surface area contributed by atoms with E-state index in [9.17, 15) is 5.11 Å². The van der Waals surface area contributed by atoms with Crippen molar-refractivity contribution < 1.29 is 5.11 Å². The van der Waals surface area contributed by atoms with E-state index in [1.54, 1.807) is 0 Å². The standard InChI is InChI=1S/C8H16O/c1-3-7-4-6(2)8(9)5-7/h6-9H,3-5H2,1-2H3. The lowest BCUT2D eigenvalue weighted by atomic mass is 10.0. The van der Waals surface area contributed by atoms with Crippen LogP contribution in [-0.2, 0) is 0 Å². The number of hydrogen-bond donors (Lipinski definition) is 1. The van der Waals surface area contributed by atoms with Crippen LogP contribution in [-0.4, -0.2) is 11.2 Å². The van der Waals surface area contributed by atoms with Gasteiger partial charge in [-0.25, -0.2) is 0 Å². The van der Waals surface area contributed by atoms with Crippen molar-refractivity contribution in [3.05, 3.63) is 0 Å². The fourth-order valence-electron chi connectivity index (χ4n) is 1.69. The molecule has 0 aromatic rings. The SMILES string of the molecule is CCC1CC(C)C(O)C1. The first-order valence-electron chi connectivity index (χ1n) is 3.92. The maximum atomic E-state index is 9.30. The molecule has 1 aliphatic rings. The van der Waals surface area contributed by atoms with E-state index in [2.05, 4.69) is 13.8 Å². The van der Waals surface area contributed by atoms with Gasteiger partial charge in [-0.05, 0) is 24.7 Å². The Bertz CT molecular complexity index is 80.6. The Morgan fingerprint density at radius 1 is 1.44 bits per heavy atom. The third-order valence-corrected chi connectivity index (χ3v) is 2.51. The summed E-state index contributed by atoms with van der Waals surface area (Å²) in [5.74, 6) is 1.35. The largest absolute Gasteiger partial charge is 0.393 e. The number of aliphatic hydroxyl groups is 1. The van der Waals surface area contributed by atoms with Crippen LogP contribution in [0.3, 0.4) is 0 Å². The fourth-order valence-corrected chi connectivity index (χ4v) is 1.69. The highest BCUT2D eigenvalue weighted by Crippen LogP contribution is 2.32. The molecule has 1 heteroatoms. The smallest absolute Gasteiger partial charge is 0.0568 e. The third kappa shape index (κ3) is 1.45. The van der Waals surface area contributed by atoms with Crippen LogP contribution in [0.2, 0.25) is 0 Å². The van der Waals surface area contributed by atoms with Crippen molar-refractivity contribution in [1.29, 1.82) is 0 Å². The van der Waals surface area contributed by atoms with Crippen molar-refractivity contribution in [2.75, 3.05) is 0 Å². The molecule has 54 valence electrons. The minimum Gasteiger partial charge on any atom is -0.393 e. The predicted molar refractivity (Wildman–Crippen MR) is 38.2 cm³/mol. The van der Waals surface area contributed by atoms with Gasteiger partial charge in [0, 0.05) is 0 Å². The van der Waals surface area contributed by atoms with Crippen LogP contribution in [0.15, 0.2) is 0 Å². The maximum Gasteiger partial charge on any atom is 0.0568 e. The second-order valence-electron chi connectivity index (χ2n) is 3.29. The summed E-state index contributed by atoms with van der Waals surface area (Å²) in [5.41, 5.74) is 0. The summed E-state index contributed by atoms with van der Waals surface area (Å²) in [6, 6.07) is 0. The predicted octanol–water partition coefficient (Wildman–Crippen LogP) is 1.80. The molecule has 0 radical (unpaired) electrons. The van der Waals surface area contributed by atoms with Gasteiger partial charge in [0.2, 0.25) is 0 Å². The van der Waals surface area contributed by atoms with Gasteiger partial charge in [0.1, 0.15) is 0 Å². The molecule has 1 aliphatic carbocycles. The first-order valence-corrected chi connectivity index (χ1v) is 3.92. The third-order valence-electron chi connectivity index (χ3n) is 2.51. The number of rotatable bonds is 1. The van der Waals surface area contributed by atoms with Crippen LogP contribution >= 0.6 is 0 Å². The lowest BCUT2D eigenvalue weighted by molar-refractivity contribution is 0.139. The van der Waals surface area contributed by atoms with Gasteiger partial charge in [0.15, 0.2) is 0 Å². The first kappa shape index (κ1) is 7.07. The molecule has 0 heterocycles. The second kappa shape index (κ2) is 2.70. The summed E-state index contributed by atoms with van der Waals surface area (Å²) in [5, 5.41) is 9.30. The van der Waals surface area contributed by atoms with Crippen LogP contribution in [0.25, 0.3) is 0 Å². The summed E-state index contributed by atoms with van der Waals surface area (Å²) >= 11 is 0. The van der Waals surface area contributed by atoms with E-state index < -0.39 is 0 Å². The molecule has 1 nitrogen and oxygen atoms in total. The molecule has 0 amide bonds. The molecule has 0 spiro atoms. The molecule has 1 N–H and O–H groups in total. The summed E-state index contributed by atoms with van der Waals surface area (Å²) in [6.45, 7) is 4.34. The molecule has 0 aliphatic heterocycles. The zero-order valence-corrected chi connectivity index (χ0v) is 6.30. The Labute approximate surface area is 57.1 Å². The number of aliphatic hydroxyl groups excluding tert-OH is 1. The summed E-state index contributed by atoms with van der Waals surface area (Å²) in [6.07, 6.45) is 3.51. The Hall–Kier alpha value is -0.0400. The van der Waals surface area contributed by atoms with E-state index in [0.717, 1.165) is 12.3 Å². The molecular weight excluding hydrogens is 112 g/mol. The average Bonchev–Trinajstić information content (AvgIpc) is 2.13. The van der Waals surface area contributed by atoms with E-state index >= 15 is 0 Å². The van der Waals surface area contributed by atoms with Gasteiger partial charge in [0.05, 0.1) is 6.10 Å². The minimum atomic E-state index is -0.00468. The van der Waals surface area contributed by atoms with E-state index in [-0.39, 0.29) is 6.10 Å². The highest BCUT2D eigenvalue weighted by atomic mass is 16.3. The Balaban J connectivity index is 2.35. The molecule has 1 saturated carbocycles. The topological polar surface area (TPSA) is 20.2 Å². The molecule has 0 bridgehead atoms. The van der Waals surface area contributed by atoms with Gasteiger partial charge in [-0.1, -0.05) is 20.3 Å². The zero-order valence-electron chi connectivity index (χ0n) is 6.30. The maximum absolute atomic E-state index is 9.30. The van der Waals surface area contributed by atoms with Crippen LogP contribution in [0.5, 0.6) is 0 Å². The zero-order chi connectivity index (χ0) is 6.85. The fraction of sp³-hybridized carbons (Fsp3) is 1.00. The molecule has 0 aromatic heterocycles. The van der Waals surface area contributed by atoms with Gasteiger partial charge in [-0.3, -0.25) is 0 Å². The van der Waals surface area contributed by atoms with Gasteiger partial charge in [-0.2, -0.15) is 0 Å². The van der Waals surface area contributed by atoms with Gasteiger partial charge in [0.25, 0.3) is 0 Å². The van der Waals surface area contributed by atoms with E-state index in [4.69, 9.17) is 0 Å². The van der Waals surface area contributed by atoms with Crippen molar-refractivity contribution in [2.24, 2.45) is 11.8 Å². The molecule has 0 saturated heterocycles. The van der Waals surface area contributed by atoms with Gasteiger partial charge < -0.3 is 5.11 Å². The van der Waals surface area contributed by atoms with Crippen molar-refractivity contribution in [2.45, 2.75) is 39.2 Å². The summed E-state index contributed by atoms with van der Waals surface area (Å²) in [7, 11) is 0. The van der Waals surface area contributed by atoms with Crippen molar-refractivity contribution in [3.63, 3.8) is 0 Å². The summed E-state index contributed by atoms with van der Waals surface area (Å²) < 4.78 is 0. The van der Waals surface area contributed by atoms with Crippen LogP contribution in [0.1, 0.15) is 33.1 Å². The normalized spacial score (nSPS) is 43.7. The van der Waals surface area contributed by atoms with Gasteiger partial charge >= 0.3 is 0 Å². The van der Waals surface area contributed by atoms with E-state index in [1.807, 2.05) is 0 Å². The van der Waals surface area contributed by atoms with Crippen molar-refractivity contribution in [1.82, 2.24) is 0 Å². The highest BCUT2D eigenvalue weighted by Gasteiger charge is 2.27. The van der Waals surface area contributed by atoms with E-state index in [1.165, 1.54) is 12.8 Å². The molecule has 3 atom stereocenters. The molecule has 9 heavy (non-hydrogen) atoms. The van der Waals surface area contributed by atoms with Gasteiger partial charge in [-0.15, -0.1) is 0 Å². The first-order chi connectivity index (χ1) is 4.24. The second-order valence-corrected chi connectivity index (χ2v) is 3.29. The number of hydrogen-bond acceptors (Lipinski definition) is 1. The van der Waals surface area contributed by atoms with Crippen LogP contribution in [0.4, 0.5) is 0 Å². The molecule has 1 fully saturated rings. The molecule has 0 aromatic carbocycles. The quantitative estimate of drug-likeness (QED) is 0.571. The van der Waals surface area contributed by atoms with E-state index in [0.29, 0.717) is 5.92 Å². The molecular formula is C8H16O. The minimum absolute atomic E-state index is 0.00468. The highest BCUT2D eigenvalue weighted by molar-refractivity contribution is 4.79.